The van der Waals surface area contributed by atoms with Crippen LogP contribution < -0.4 is 0 Å². The number of sulfone groups is 1. The maximum absolute atomic E-state index is 12.0. The van der Waals surface area contributed by atoms with Crippen LogP contribution in [0, 0.1) is 0 Å². The third-order valence-corrected chi connectivity index (χ3v) is 7.96. The standard InChI is InChI=1S/C27H24BrN3O6S2/c1-39(35,36)22-11-5-19(6-12-22)26-29-27(30-31(26)21-9-7-20(28)8-10-21)38-16-2-15-37-25(34)14-4-18-3-13-23(32)24(33)17-18/h3-14,17,32-33H,2,15-16H2,1H3/b14-4+. The van der Waals surface area contributed by atoms with Crippen LogP contribution in [0.3, 0.4) is 0 Å². The largest absolute Gasteiger partial charge is 0.504 e. The van der Waals surface area contributed by atoms with Crippen LogP contribution in [0.15, 0.2) is 87.3 Å². The zero-order valence-electron chi connectivity index (χ0n) is 20.7. The van der Waals surface area contributed by atoms with Gasteiger partial charge in [0.2, 0.25) is 5.16 Å². The van der Waals surface area contributed by atoms with Crippen molar-refractivity contribution < 1.29 is 28.2 Å². The number of hydrogen-bond acceptors (Lipinski definition) is 9. The third kappa shape index (κ3) is 7.71. The number of rotatable bonds is 10. The van der Waals surface area contributed by atoms with Crippen molar-refractivity contribution in [3.8, 4) is 28.6 Å². The highest BCUT2D eigenvalue weighted by Gasteiger charge is 2.16. The molecule has 1 heterocycles. The lowest BCUT2D eigenvalue weighted by molar-refractivity contribution is -0.137. The number of hydrogen-bond donors (Lipinski definition) is 2. The van der Waals surface area contributed by atoms with Gasteiger partial charge in [-0.1, -0.05) is 33.8 Å². The average Bonchev–Trinajstić information content (AvgIpc) is 3.33. The molecule has 1 aromatic heterocycles. The number of carbonyl (C=O) groups is 1. The molecular weight excluding hydrogens is 606 g/mol. The van der Waals surface area contributed by atoms with Gasteiger partial charge in [0.25, 0.3) is 0 Å². The summed E-state index contributed by atoms with van der Waals surface area (Å²) in [4.78, 5) is 16.9. The summed E-state index contributed by atoms with van der Waals surface area (Å²) in [5, 5.41) is 24.0. The molecule has 0 saturated heterocycles. The van der Waals surface area contributed by atoms with Gasteiger partial charge in [0.15, 0.2) is 27.2 Å². The first-order chi connectivity index (χ1) is 18.6. The molecule has 39 heavy (non-hydrogen) atoms. The number of aromatic hydroxyl groups is 2. The third-order valence-electron chi connectivity index (χ3n) is 5.38. The number of phenolic OH excluding ortho intramolecular Hbond substituents is 2. The first kappa shape index (κ1) is 28.4. The highest BCUT2D eigenvalue weighted by Crippen LogP contribution is 2.27. The summed E-state index contributed by atoms with van der Waals surface area (Å²) in [6.45, 7) is 0.199. The summed E-state index contributed by atoms with van der Waals surface area (Å²) in [6, 6.07) is 18.3. The molecule has 0 fully saturated rings. The second-order valence-electron chi connectivity index (χ2n) is 8.35. The van der Waals surface area contributed by atoms with E-state index in [2.05, 4.69) is 26.0 Å². The number of aromatic nitrogens is 3. The zero-order valence-corrected chi connectivity index (χ0v) is 23.9. The number of ether oxygens (including phenoxy) is 1. The predicted octanol–water partition coefficient (Wildman–Crippen LogP) is 5.25. The quantitative estimate of drug-likeness (QED) is 0.0793. The second-order valence-corrected chi connectivity index (χ2v) is 12.3. The van der Waals surface area contributed by atoms with Gasteiger partial charge in [-0.3, -0.25) is 0 Å². The normalized spacial score (nSPS) is 11.6. The molecule has 0 aliphatic carbocycles. The number of esters is 1. The Morgan fingerprint density at radius 1 is 1.05 bits per heavy atom. The van der Waals surface area contributed by atoms with Crippen LogP contribution in [0.5, 0.6) is 11.5 Å². The monoisotopic (exact) mass is 629 g/mol. The maximum Gasteiger partial charge on any atom is 0.330 e. The van der Waals surface area contributed by atoms with E-state index in [4.69, 9.17) is 4.74 Å². The molecule has 3 aromatic carbocycles. The lowest BCUT2D eigenvalue weighted by Crippen LogP contribution is -2.03. The summed E-state index contributed by atoms with van der Waals surface area (Å²) < 4.78 is 31.5. The van der Waals surface area contributed by atoms with Crippen LogP contribution in [0.1, 0.15) is 12.0 Å². The molecule has 2 N–H and O–H groups in total. The molecule has 0 unspecified atom stereocenters. The zero-order chi connectivity index (χ0) is 28.0. The molecule has 4 rings (SSSR count). The predicted molar refractivity (Wildman–Crippen MR) is 153 cm³/mol. The molecule has 202 valence electrons. The SMILES string of the molecule is CS(=O)(=O)c1ccc(-c2nc(SCCCOC(=O)/C=C/c3ccc(O)c(O)c3)nn2-c2ccc(Br)cc2)cc1. The smallest absolute Gasteiger partial charge is 0.330 e. The summed E-state index contributed by atoms with van der Waals surface area (Å²) in [5.41, 5.74) is 2.06. The molecular formula is C27H24BrN3O6S2. The topological polar surface area (TPSA) is 132 Å². The van der Waals surface area contributed by atoms with E-state index >= 15 is 0 Å². The number of nitrogens with zero attached hydrogens (tertiary/aromatic N) is 3. The highest BCUT2D eigenvalue weighted by molar-refractivity contribution is 9.10. The summed E-state index contributed by atoms with van der Waals surface area (Å²) >= 11 is 4.84. The Morgan fingerprint density at radius 3 is 2.44 bits per heavy atom. The van der Waals surface area contributed by atoms with E-state index < -0.39 is 15.8 Å². The van der Waals surface area contributed by atoms with Crippen molar-refractivity contribution in [1.29, 1.82) is 0 Å². The highest BCUT2D eigenvalue weighted by atomic mass is 79.9. The Bertz CT molecular complexity index is 1600. The van der Waals surface area contributed by atoms with Crippen molar-refractivity contribution >= 4 is 49.6 Å². The molecule has 0 aliphatic heterocycles. The number of benzene rings is 3. The van der Waals surface area contributed by atoms with Crippen molar-refractivity contribution in [2.75, 3.05) is 18.6 Å². The van der Waals surface area contributed by atoms with Gasteiger partial charge in [0.05, 0.1) is 17.2 Å². The lowest BCUT2D eigenvalue weighted by atomic mass is 10.2. The van der Waals surface area contributed by atoms with Gasteiger partial charge in [0.1, 0.15) is 0 Å². The van der Waals surface area contributed by atoms with Crippen molar-refractivity contribution in [2.45, 2.75) is 16.5 Å². The molecule has 0 aliphatic rings. The number of phenols is 2. The minimum atomic E-state index is -3.32. The van der Waals surface area contributed by atoms with Crippen molar-refractivity contribution in [2.24, 2.45) is 0 Å². The summed E-state index contributed by atoms with van der Waals surface area (Å²) in [5.74, 6) is 0.134. The van der Waals surface area contributed by atoms with E-state index in [0.717, 1.165) is 16.4 Å². The fraction of sp³-hybridized carbons (Fsp3) is 0.148. The molecule has 0 bridgehead atoms. The molecule has 0 amide bonds. The summed E-state index contributed by atoms with van der Waals surface area (Å²) in [6.07, 6.45) is 4.46. The van der Waals surface area contributed by atoms with E-state index in [9.17, 15) is 23.4 Å². The van der Waals surface area contributed by atoms with Crippen LogP contribution in [0.25, 0.3) is 23.2 Å². The van der Waals surface area contributed by atoms with Gasteiger partial charge < -0.3 is 14.9 Å². The van der Waals surface area contributed by atoms with Crippen molar-refractivity contribution in [3.05, 3.63) is 82.8 Å². The maximum atomic E-state index is 12.0. The minimum Gasteiger partial charge on any atom is -0.504 e. The van der Waals surface area contributed by atoms with Crippen LogP contribution in [0.2, 0.25) is 0 Å². The Hall–Kier alpha value is -3.61. The number of thioether (sulfide) groups is 1. The lowest BCUT2D eigenvalue weighted by Gasteiger charge is -2.07. The van der Waals surface area contributed by atoms with Gasteiger partial charge in [-0.05, 0) is 78.7 Å². The van der Waals surface area contributed by atoms with Gasteiger partial charge in [-0.25, -0.2) is 22.9 Å². The first-order valence-electron chi connectivity index (χ1n) is 11.6. The molecule has 0 atom stereocenters. The van der Waals surface area contributed by atoms with Gasteiger partial charge in [0, 0.05) is 28.1 Å². The number of carbonyl (C=O) groups excluding carboxylic acids is 1. The Labute approximate surface area is 238 Å². The molecule has 0 saturated carbocycles. The summed E-state index contributed by atoms with van der Waals surface area (Å²) in [7, 11) is -3.32. The molecule has 12 heteroatoms. The van der Waals surface area contributed by atoms with Crippen LogP contribution >= 0.6 is 27.7 Å². The van der Waals surface area contributed by atoms with Crippen LogP contribution in [-0.4, -0.2) is 58.0 Å². The van der Waals surface area contributed by atoms with Crippen molar-refractivity contribution in [3.63, 3.8) is 0 Å². The van der Waals surface area contributed by atoms with E-state index in [-0.39, 0.29) is 23.0 Å². The van der Waals surface area contributed by atoms with Gasteiger partial charge in [-0.15, -0.1) is 5.10 Å². The second kappa shape index (κ2) is 12.5. The Kier molecular flexibility index (Phi) is 9.10. The molecule has 4 aromatic rings. The van der Waals surface area contributed by atoms with Gasteiger partial charge in [-0.2, -0.15) is 0 Å². The van der Waals surface area contributed by atoms with E-state index in [1.54, 1.807) is 35.0 Å². The fourth-order valence-corrected chi connectivity index (χ4v) is 5.04. The van der Waals surface area contributed by atoms with Crippen molar-refractivity contribution in [1.82, 2.24) is 14.8 Å². The van der Waals surface area contributed by atoms with Gasteiger partial charge >= 0.3 is 5.97 Å². The number of halogens is 1. The van der Waals surface area contributed by atoms with E-state index in [0.29, 0.717) is 34.3 Å². The van der Waals surface area contributed by atoms with Crippen LogP contribution in [0.4, 0.5) is 0 Å². The molecule has 9 nitrogen and oxygen atoms in total. The van der Waals surface area contributed by atoms with Crippen LogP contribution in [-0.2, 0) is 19.4 Å². The van der Waals surface area contributed by atoms with E-state index in [1.165, 1.54) is 36.0 Å². The Balaban J connectivity index is 1.39. The fourth-order valence-electron chi connectivity index (χ4n) is 3.41. The average molecular weight is 631 g/mol. The minimum absolute atomic E-state index is 0.199. The van der Waals surface area contributed by atoms with E-state index in [1.807, 2.05) is 24.3 Å². The Morgan fingerprint density at radius 2 is 1.77 bits per heavy atom. The molecule has 0 spiro atoms. The molecule has 0 radical (unpaired) electrons. The first-order valence-corrected chi connectivity index (χ1v) is 15.3.